The summed E-state index contributed by atoms with van der Waals surface area (Å²) in [6.07, 6.45) is 0.268. The summed E-state index contributed by atoms with van der Waals surface area (Å²) in [5.74, 6) is -0.209. The minimum Gasteiger partial charge on any atom is -0.205 e. The fraction of sp³-hybridized carbons (Fsp3) is 0.182. The second-order valence-electron chi connectivity index (χ2n) is 3.16. The monoisotopic (exact) mass is 205 g/mol. The van der Waals surface area contributed by atoms with Crippen LogP contribution in [0.25, 0.3) is 10.1 Å². The summed E-state index contributed by atoms with van der Waals surface area (Å²) < 4.78 is 14.4. The molecule has 0 radical (unpaired) electrons. The molecule has 2 rings (SSSR count). The number of hydrogen-bond acceptors (Lipinski definition) is 2. The van der Waals surface area contributed by atoms with Crippen LogP contribution >= 0.6 is 11.3 Å². The molecule has 0 atom stereocenters. The van der Waals surface area contributed by atoms with Crippen LogP contribution < -0.4 is 0 Å². The van der Waals surface area contributed by atoms with E-state index >= 15 is 0 Å². The standard InChI is InChI=1S/C11H8FNS/c1-7-2-3-8(4-5-13)10-9(12)6-14-11(7)10/h2-3,6H,4H2,1H3. The molecule has 0 fully saturated rings. The third kappa shape index (κ3) is 1.28. The van der Waals surface area contributed by atoms with Gasteiger partial charge in [0.1, 0.15) is 5.82 Å². The molecule has 0 aliphatic carbocycles. The number of nitrogens with zero attached hydrogens (tertiary/aromatic N) is 1. The van der Waals surface area contributed by atoms with Crippen molar-refractivity contribution < 1.29 is 4.39 Å². The third-order valence-corrected chi connectivity index (χ3v) is 3.32. The molecule has 1 heterocycles. The number of nitriles is 1. The Morgan fingerprint density at radius 2 is 2.29 bits per heavy atom. The maximum Gasteiger partial charge on any atom is 0.142 e. The van der Waals surface area contributed by atoms with Crippen LogP contribution in [0.15, 0.2) is 17.5 Å². The van der Waals surface area contributed by atoms with Gasteiger partial charge in [-0.15, -0.1) is 11.3 Å². The minimum absolute atomic E-state index is 0.209. The van der Waals surface area contributed by atoms with Crippen LogP contribution in [-0.4, -0.2) is 0 Å². The Kier molecular flexibility index (Phi) is 2.22. The second-order valence-corrected chi connectivity index (χ2v) is 4.04. The van der Waals surface area contributed by atoms with Crippen molar-refractivity contribution in [3.63, 3.8) is 0 Å². The van der Waals surface area contributed by atoms with Crippen molar-refractivity contribution in [3.8, 4) is 6.07 Å². The number of aryl methyl sites for hydroxylation is 1. The lowest BCUT2D eigenvalue weighted by molar-refractivity contribution is 0.643. The number of benzene rings is 1. The van der Waals surface area contributed by atoms with Crippen molar-refractivity contribution in [3.05, 3.63) is 34.5 Å². The molecular formula is C11H8FNS. The molecule has 1 aromatic heterocycles. The SMILES string of the molecule is Cc1ccc(CC#N)c2c(F)csc12. The summed E-state index contributed by atoms with van der Waals surface area (Å²) in [6, 6.07) is 5.82. The van der Waals surface area contributed by atoms with Gasteiger partial charge in [0.05, 0.1) is 12.5 Å². The Morgan fingerprint density at radius 1 is 1.50 bits per heavy atom. The summed E-state index contributed by atoms with van der Waals surface area (Å²) in [5.41, 5.74) is 1.85. The zero-order valence-corrected chi connectivity index (χ0v) is 8.49. The number of thiophene rings is 1. The van der Waals surface area contributed by atoms with Gasteiger partial charge in [-0.3, -0.25) is 0 Å². The van der Waals surface area contributed by atoms with Crippen LogP contribution in [0.3, 0.4) is 0 Å². The molecule has 0 bridgehead atoms. The van der Waals surface area contributed by atoms with E-state index in [1.807, 2.05) is 19.1 Å². The van der Waals surface area contributed by atoms with E-state index in [0.29, 0.717) is 5.39 Å². The van der Waals surface area contributed by atoms with Gasteiger partial charge < -0.3 is 0 Å². The highest BCUT2D eigenvalue weighted by Gasteiger charge is 2.10. The van der Waals surface area contributed by atoms with Gasteiger partial charge in [-0.1, -0.05) is 12.1 Å². The van der Waals surface area contributed by atoms with Gasteiger partial charge >= 0.3 is 0 Å². The van der Waals surface area contributed by atoms with Gasteiger partial charge in [-0.05, 0) is 18.1 Å². The zero-order chi connectivity index (χ0) is 10.1. The van der Waals surface area contributed by atoms with Crippen LogP contribution in [-0.2, 0) is 6.42 Å². The average Bonchev–Trinajstić information content (AvgIpc) is 2.55. The largest absolute Gasteiger partial charge is 0.205 e. The number of halogens is 1. The summed E-state index contributed by atoms with van der Waals surface area (Å²) >= 11 is 1.40. The zero-order valence-electron chi connectivity index (χ0n) is 7.67. The topological polar surface area (TPSA) is 23.8 Å². The lowest BCUT2D eigenvalue weighted by Gasteiger charge is -2.00. The van der Waals surface area contributed by atoms with E-state index in [1.54, 1.807) is 0 Å². The first kappa shape index (κ1) is 9.17. The molecule has 70 valence electrons. The first-order chi connectivity index (χ1) is 6.74. The van der Waals surface area contributed by atoms with Gasteiger partial charge in [-0.25, -0.2) is 4.39 Å². The van der Waals surface area contributed by atoms with Gasteiger partial charge in [0.2, 0.25) is 0 Å². The molecule has 0 aliphatic rings. The first-order valence-corrected chi connectivity index (χ1v) is 5.14. The normalized spacial score (nSPS) is 10.4. The van der Waals surface area contributed by atoms with Crippen LogP contribution in [0.1, 0.15) is 11.1 Å². The fourth-order valence-corrected chi connectivity index (χ4v) is 2.48. The number of rotatable bonds is 1. The van der Waals surface area contributed by atoms with Gasteiger partial charge in [0.15, 0.2) is 0 Å². The Labute approximate surface area is 85.4 Å². The van der Waals surface area contributed by atoms with Crippen LogP contribution in [0.4, 0.5) is 4.39 Å². The molecule has 0 saturated carbocycles. The van der Waals surface area contributed by atoms with Crippen molar-refractivity contribution in [2.24, 2.45) is 0 Å². The Hall–Kier alpha value is -1.40. The van der Waals surface area contributed by atoms with Crippen molar-refractivity contribution >= 4 is 21.4 Å². The van der Waals surface area contributed by atoms with Crippen molar-refractivity contribution in [2.45, 2.75) is 13.3 Å². The molecule has 1 aromatic carbocycles. The highest BCUT2D eigenvalue weighted by atomic mass is 32.1. The van der Waals surface area contributed by atoms with E-state index in [0.717, 1.165) is 15.8 Å². The molecule has 0 spiro atoms. The molecule has 3 heteroatoms. The molecule has 0 N–H and O–H groups in total. The minimum atomic E-state index is -0.209. The molecule has 0 saturated heterocycles. The van der Waals surface area contributed by atoms with E-state index in [-0.39, 0.29) is 12.2 Å². The van der Waals surface area contributed by atoms with Gasteiger partial charge in [0, 0.05) is 15.5 Å². The molecule has 14 heavy (non-hydrogen) atoms. The lowest BCUT2D eigenvalue weighted by atomic mass is 10.1. The Bertz CT molecular complexity index is 522. The molecule has 1 nitrogen and oxygen atoms in total. The summed E-state index contributed by atoms with van der Waals surface area (Å²) in [5, 5.41) is 10.7. The Morgan fingerprint density at radius 3 is 3.00 bits per heavy atom. The smallest absolute Gasteiger partial charge is 0.142 e. The average molecular weight is 205 g/mol. The first-order valence-electron chi connectivity index (χ1n) is 4.26. The highest BCUT2D eigenvalue weighted by Crippen LogP contribution is 2.30. The van der Waals surface area contributed by atoms with E-state index in [1.165, 1.54) is 16.7 Å². The molecular weight excluding hydrogens is 197 g/mol. The Balaban J connectivity index is 2.80. The number of fused-ring (bicyclic) bond motifs is 1. The maximum absolute atomic E-state index is 13.4. The molecule has 2 aromatic rings. The maximum atomic E-state index is 13.4. The molecule has 0 aliphatic heterocycles. The molecule has 0 unspecified atom stereocenters. The van der Waals surface area contributed by atoms with Crippen molar-refractivity contribution in [1.29, 1.82) is 5.26 Å². The molecule has 0 amide bonds. The highest BCUT2D eigenvalue weighted by molar-refractivity contribution is 7.17. The van der Waals surface area contributed by atoms with E-state index in [2.05, 4.69) is 6.07 Å². The fourth-order valence-electron chi connectivity index (χ4n) is 1.54. The summed E-state index contributed by atoms with van der Waals surface area (Å²) in [6.45, 7) is 1.95. The van der Waals surface area contributed by atoms with Gasteiger partial charge in [0.25, 0.3) is 0 Å². The predicted octanol–water partition coefficient (Wildman–Crippen LogP) is 3.41. The van der Waals surface area contributed by atoms with Crippen LogP contribution in [0.5, 0.6) is 0 Å². The van der Waals surface area contributed by atoms with E-state index in [4.69, 9.17) is 5.26 Å². The second kappa shape index (κ2) is 3.39. The lowest BCUT2D eigenvalue weighted by Crippen LogP contribution is -1.85. The van der Waals surface area contributed by atoms with Crippen molar-refractivity contribution in [1.82, 2.24) is 0 Å². The quantitative estimate of drug-likeness (QED) is 0.699. The van der Waals surface area contributed by atoms with Crippen LogP contribution in [0, 0.1) is 24.1 Å². The predicted molar refractivity (Wildman–Crippen MR) is 55.8 cm³/mol. The van der Waals surface area contributed by atoms with E-state index < -0.39 is 0 Å². The van der Waals surface area contributed by atoms with Gasteiger partial charge in [-0.2, -0.15) is 5.26 Å². The van der Waals surface area contributed by atoms with Crippen molar-refractivity contribution in [2.75, 3.05) is 0 Å². The number of hydrogen-bond donors (Lipinski definition) is 0. The summed E-state index contributed by atoms with van der Waals surface area (Å²) in [4.78, 5) is 0. The third-order valence-electron chi connectivity index (χ3n) is 2.23. The summed E-state index contributed by atoms with van der Waals surface area (Å²) in [7, 11) is 0. The van der Waals surface area contributed by atoms with Crippen LogP contribution in [0.2, 0.25) is 0 Å². The van der Waals surface area contributed by atoms with E-state index in [9.17, 15) is 4.39 Å².